The monoisotopic (exact) mass is 417 g/mol. The number of rotatable bonds is 4. The largest absolute Gasteiger partial charge is 0.373 e. The molecule has 2 saturated heterocycles. The van der Waals surface area contributed by atoms with Crippen LogP contribution >= 0.6 is 12.4 Å². The van der Waals surface area contributed by atoms with Gasteiger partial charge in [-0.15, -0.1) is 12.4 Å². The normalized spacial score (nSPS) is 26.8. The Balaban J connectivity index is 0.00000261. The smallest absolute Gasteiger partial charge is 0.251 e. The van der Waals surface area contributed by atoms with Crippen LogP contribution in [0, 0.1) is 0 Å². The summed E-state index contributed by atoms with van der Waals surface area (Å²) in [5.74, 6) is -0.237. The quantitative estimate of drug-likeness (QED) is 0.772. The second kappa shape index (κ2) is 9.34. The predicted molar refractivity (Wildman–Crippen MR) is 106 cm³/mol. The molecule has 3 unspecified atom stereocenters. The minimum absolute atomic E-state index is 0. The average Bonchev–Trinajstić information content (AvgIpc) is 2.62. The van der Waals surface area contributed by atoms with Crippen LogP contribution in [0.2, 0.25) is 0 Å². The number of halogens is 1. The third-order valence-corrected chi connectivity index (χ3v) is 6.58. The first-order valence-corrected chi connectivity index (χ1v) is 10.6. The van der Waals surface area contributed by atoms with E-state index in [-0.39, 0.29) is 41.5 Å². The highest BCUT2D eigenvalue weighted by molar-refractivity contribution is 7.89. The van der Waals surface area contributed by atoms with Crippen LogP contribution in [0.4, 0.5) is 0 Å². The number of benzene rings is 1. The lowest BCUT2D eigenvalue weighted by Gasteiger charge is -2.34. The molecule has 2 heterocycles. The van der Waals surface area contributed by atoms with Crippen LogP contribution in [0.1, 0.15) is 37.0 Å². The molecule has 0 saturated carbocycles. The van der Waals surface area contributed by atoms with Crippen molar-refractivity contribution in [3.8, 4) is 0 Å². The maximum atomic E-state index is 13.0. The van der Waals surface area contributed by atoms with Gasteiger partial charge >= 0.3 is 0 Å². The zero-order valence-corrected chi connectivity index (χ0v) is 17.3. The van der Waals surface area contributed by atoms with Crippen molar-refractivity contribution < 1.29 is 17.9 Å². The van der Waals surface area contributed by atoms with Crippen molar-refractivity contribution in [3.05, 3.63) is 29.8 Å². The highest BCUT2D eigenvalue weighted by atomic mass is 35.5. The fraction of sp³-hybridized carbons (Fsp3) is 0.611. The molecule has 2 N–H and O–H groups in total. The average molecular weight is 418 g/mol. The number of carbonyl (C=O) groups is 1. The third kappa shape index (κ3) is 5.42. The number of ether oxygens (including phenoxy) is 1. The number of hydrogen-bond donors (Lipinski definition) is 2. The van der Waals surface area contributed by atoms with Gasteiger partial charge in [-0.1, -0.05) is 6.07 Å². The van der Waals surface area contributed by atoms with Crippen LogP contribution in [0.5, 0.6) is 0 Å². The van der Waals surface area contributed by atoms with E-state index in [1.54, 1.807) is 18.2 Å². The molecule has 2 aliphatic rings. The van der Waals surface area contributed by atoms with E-state index in [2.05, 4.69) is 10.6 Å². The van der Waals surface area contributed by atoms with E-state index in [9.17, 15) is 13.2 Å². The molecule has 7 nitrogen and oxygen atoms in total. The number of piperidine rings is 1. The highest BCUT2D eigenvalue weighted by Gasteiger charge is 2.32. The second-order valence-corrected chi connectivity index (χ2v) is 9.06. The Morgan fingerprint density at radius 1 is 1.26 bits per heavy atom. The molecule has 0 aromatic heterocycles. The number of hydrogen-bond acceptors (Lipinski definition) is 5. The van der Waals surface area contributed by atoms with Gasteiger partial charge in [0, 0.05) is 31.2 Å². The van der Waals surface area contributed by atoms with E-state index in [1.165, 1.54) is 10.4 Å². The van der Waals surface area contributed by atoms with E-state index < -0.39 is 10.0 Å². The summed E-state index contributed by atoms with van der Waals surface area (Å²) in [5.41, 5.74) is 0.367. The van der Waals surface area contributed by atoms with Crippen molar-refractivity contribution in [1.29, 1.82) is 0 Å². The summed E-state index contributed by atoms with van der Waals surface area (Å²) in [5, 5.41) is 6.23. The first-order chi connectivity index (χ1) is 12.4. The maximum Gasteiger partial charge on any atom is 0.251 e. The number of nitrogens with one attached hydrogen (secondary N) is 2. The van der Waals surface area contributed by atoms with Gasteiger partial charge in [0.05, 0.1) is 17.1 Å². The van der Waals surface area contributed by atoms with Gasteiger partial charge < -0.3 is 15.4 Å². The third-order valence-electron chi connectivity index (χ3n) is 4.75. The Morgan fingerprint density at radius 2 is 1.96 bits per heavy atom. The van der Waals surface area contributed by atoms with Gasteiger partial charge in [-0.05, 0) is 51.4 Å². The summed E-state index contributed by atoms with van der Waals surface area (Å²) in [6, 6.07) is 6.35. The summed E-state index contributed by atoms with van der Waals surface area (Å²) in [4.78, 5) is 12.7. The molecule has 1 amide bonds. The van der Waals surface area contributed by atoms with Gasteiger partial charge in [0.2, 0.25) is 10.0 Å². The fourth-order valence-electron chi connectivity index (χ4n) is 3.52. The van der Waals surface area contributed by atoms with Crippen molar-refractivity contribution in [2.45, 2.75) is 49.8 Å². The lowest BCUT2D eigenvalue weighted by molar-refractivity contribution is -0.0440. The first kappa shape index (κ1) is 22.1. The molecule has 2 fully saturated rings. The van der Waals surface area contributed by atoms with E-state index in [0.717, 1.165) is 25.9 Å². The van der Waals surface area contributed by atoms with Crippen LogP contribution in [0.3, 0.4) is 0 Å². The zero-order valence-electron chi connectivity index (χ0n) is 15.7. The van der Waals surface area contributed by atoms with Gasteiger partial charge in [-0.25, -0.2) is 8.42 Å². The van der Waals surface area contributed by atoms with Crippen LogP contribution in [0.15, 0.2) is 29.2 Å². The Kier molecular flexibility index (Phi) is 7.64. The highest BCUT2D eigenvalue weighted by Crippen LogP contribution is 2.22. The number of carbonyl (C=O) groups excluding carboxylic acids is 1. The SMILES string of the molecule is CC1CN(S(=O)(=O)c2cccc(C(=O)NC3CCCNC3)c2)CC(C)O1.Cl. The molecule has 0 spiro atoms. The van der Waals surface area contributed by atoms with Crippen molar-refractivity contribution >= 4 is 28.3 Å². The molecular formula is C18H28ClN3O4S. The van der Waals surface area contributed by atoms with Crippen molar-refractivity contribution in [3.63, 3.8) is 0 Å². The van der Waals surface area contributed by atoms with Gasteiger partial charge in [0.1, 0.15) is 0 Å². The molecule has 152 valence electrons. The second-order valence-electron chi connectivity index (χ2n) is 7.12. The molecule has 2 aliphatic heterocycles. The molecule has 1 aromatic carbocycles. The molecule has 0 aliphatic carbocycles. The molecule has 0 bridgehead atoms. The van der Waals surface area contributed by atoms with Gasteiger partial charge in [-0.3, -0.25) is 4.79 Å². The predicted octanol–water partition coefficient (Wildman–Crippen LogP) is 1.39. The van der Waals surface area contributed by atoms with Crippen molar-refractivity contribution in [2.24, 2.45) is 0 Å². The Bertz CT molecular complexity index is 743. The molecule has 27 heavy (non-hydrogen) atoms. The van der Waals surface area contributed by atoms with Crippen LogP contribution in [0.25, 0.3) is 0 Å². The summed E-state index contributed by atoms with van der Waals surface area (Å²) < 4.78 is 33.0. The lowest BCUT2D eigenvalue weighted by atomic mass is 10.1. The first-order valence-electron chi connectivity index (χ1n) is 9.13. The van der Waals surface area contributed by atoms with Crippen molar-refractivity contribution in [2.75, 3.05) is 26.2 Å². The summed E-state index contributed by atoms with van der Waals surface area (Å²) in [6.07, 6.45) is 1.64. The summed E-state index contributed by atoms with van der Waals surface area (Å²) in [7, 11) is -3.66. The number of sulfonamides is 1. The minimum atomic E-state index is -3.66. The molecule has 0 radical (unpaired) electrons. The standard InChI is InChI=1S/C18H27N3O4S.ClH/c1-13-11-21(12-14(2)25-13)26(23,24)17-7-3-5-15(9-17)18(22)20-16-6-4-8-19-10-16;/h3,5,7,9,13-14,16,19H,4,6,8,10-12H2,1-2H3,(H,20,22);1H. The number of amides is 1. The molecule has 1 aromatic rings. The molecule has 9 heteroatoms. The van der Waals surface area contributed by atoms with Crippen LogP contribution in [-0.4, -0.2) is 63.1 Å². The molecule has 3 atom stereocenters. The fourth-order valence-corrected chi connectivity index (χ4v) is 5.15. The Labute approximate surface area is 167 Å². The topological polar surface area (TPSA) is 87.7 Å². The Morgan fingerprint density at radius 3 is 2.59 bits per heavy atom. The van der Waals surface area contributed by atoms with E-state index in [4.69, 9.17) is 4.74 Å². The molecule has 3 rings (SSSR count). The van der Waals surface area contributed by atoms with Gasteiger partial charge in [-0.2, -0.15) is 4.31 Å². The lowest BCUT2D eigenvalue weighted by Crippen LogP contribution is -2.48. The minimum Gasteiger partial charge on any atom is -0.373 e. The zero-order chi connectivity index (χ0) is 18.7. The van der Waals surface area contributed by atoms with Crippen molar-refractivity contribution in [1.82, 2.24) is 14.9 Å². The number of morpholine rings is 1. The maximum absolute atomic E-state index is 13.0. The molecular weight excluding hydrogens is 390 g/mol. The Hall–Kier alpha value is -1.19. The van der Waals surface area contributed by atoms with Crippen LogP contribution < -0.4 is 10.6 Å². The van der Waals surface area contributed by atoms with E-state index in [1.807, 2.05) is 13.8 Å². The van der Waals surface area contributed by atoms with E-state index in [0.29, 0.717) is 18.7 Å². The number of nitrogens with zero attached hydrogens (tertiary/aromatic N) is 1. The summed E-state index contributed by atoms with van der Waals surface area (Å²) >= 11 is 0. The van der Waals surface area contributed by atoms with Gasteiger partial charge in [0.25, 0.3) is 5.91 Å². The summed E-state index contributed by atoms with van der Waals surface area (Å²) in [6.45, 7) is 6.07. The van der Waals surface area contributed by atoms with Gasteiger partial charge in [0.15, 0.2) is 0 Å². The van der Waals surface area contributed by atoms with Crippen LogP contribution in [-0.2, 0) is 14.8 Å². The van der Waals surface area contributed by atoms with E-state index >= 15 is 0 Å².